The Balaban J connectivity index is 2.32. The van der Waals surface area contributed by atoms with Gasteiger partial charge in [0.1, 0.15) is 0 Å². The molecule has 0 fully saturated rings. The van der Waals surface area contributed by atoms with Crippen LogP contribution in [0.25, 0.3) is 6.08 Å². The van der Waals surface area contributed by atoms with E-state index in [2.05, 4.69) is 10.9 Å². The summed E-state index contributed by atoms with van der Waals surface area (Å²) in [5.41, 5.74) is 12.6. The molecule has 41 heavy (non-hydrogen) atoms. The van der Waals surface area contributed by atoms with E-state index in [9.17, 15) is 18.0 Å². The second-order valence-corrected chi connectivity index (χ2v) is 13.0. The fourth-order valence-electron chi connectivity index (χ4n) is 4.31. The number of hydrogen-bond acceptors (Lipinski definition) is 6. The van der Waals surface area contributed by atoms with Gasteiger partial charge >= 0.3 is 0 Å². The van der Waals surface area contributed by atoms with E-state index in [-0.39, 0.29) is 50.1 Å². The van der Waals surface area contributed by atoms with Gasteiger partial charge < -0.3 is 5.73 Å². The first-order chi connectivity index (χ1) is 19.5. The van der Waals surface area contributed by atoms with E-state index in [1.807, 2.05) is 101 Å². The SMILES string of the molecule is CC(C)C[C@@H](C(=O)NN(CC(C)C)S(=O)(=O)CCCN)[C@H](C/C=C/c1ccccc1)C(=O)NOCc1ccccc1. The van der Waals surface area contributed by atoms with Gasteiger partial charge in [-0.1, -0.05) is 101 Å². The number of nitrogens with two attached hydrogens (primary N) is 1. The minimum absolute atomic E-state index is 0.0363. The molecule has 0 spiro atoms. The second kappa shape index (κ2) is 17.7. The van der Waals surface area contributed by atoms with Crippen molar-refractivity contribution in [3.05, 3.63) is 77.9 Å². The number of nitrogens with one attached hydrogen (secondary N) is 2. The lowest BCUT2D eigenvalue weighted by atomic mass is 9.82. The van der Waals surface area contributed by atoms with Crippen LogP contribution in [0.5, 0.6) is 0 Å². The zero-order chi connectivity index (χ0) is 30.3. The molecule has 2 amide bonds. The Labute approximate surface area is 245 Å². The Hall–Kier alpha value is -3.05. The molecule has 0 bridgehead atoms. The van der Waals surface area contributed by atoms with E-state index in [1.165, 1.54) is 0 Å². The number of carbonyl (C=O) groups excluding carboxylic acids is 2. The Morgan fingerprint density at radius 1 is 0.927 bits per heavy atom. The molecule has 0 aliphatic rings. The summed E-state index contributed by atoms with van der Waals surface area (Å²) in [6, 6.07) is 19.1. The molecule has 2 aromatic carbocycles. The van der Waals surface area contributed by atoms with Crippen molar-refractivity contribution in [2.45, 2.75) is 53.6 Å². The van der Waals surface area contributed by atoms with Gasteiger partial charge in [-0.05, 0) is 48.8 Å². The van der Waals surface area contributed by atoms with E-state index in [0.717, 1.165) is 15.5 Å². The topological polar surface area (TPSA) is 131 Å². The van der Waals surface area contributed by atoms with Gasteiger partial charge in [0.15, 0.2) is 0 Å². The Kier molecular flexibility index (Phi) is 14.7. The van der Waals surface area contributed by atoms with Crippen molar-refractivity contribution in [3.63, 3.8) is 0 Å². The number of hydrazine groups is 1. The molecule has 10 heteroatoms. The molecular weight excluding hydrogens is 540 g/mol. The molecule has 0 aliphatic carbocycles. The van der Waals surface area contributed by atoms with Crippen LogP contribution in [-0.2, 0) is 31.1 Å². The van der Waals surface area contributed by atoms with Crippen LogP contribution in [-0.4, -0.2) is 43.5 Å². The molecule has 2 aromatic rings. The van der Waals surface area contributed by atoms with Gasteiger partial charge in [0.25, 0.3) is 0 Å². The lowest BCUT2D eigenvalue weighted by molar-refractivity contribution is -0.145. The highest BCUT2D eigenvalue weighted by Crippen LogP contribution is 2.26. The molecule has 0 aliphatic heterocycles. The van der Waals surface area contributed by atoms with E-state index in [1.54, 1.807) is 0 Å². The summed E-state index contributed by atoms with van der Waals surface area (Å²) in [6.45, 7) is 8.17. The summed E-state index contributed by atoms with van der Waals surface area (Å²) in [6.07, 6.45) is 4.67. The first-order valence-corrected chi connectivity index (χ1v) is 15.8. The third-order valence-corrected chi connectivity index (χ3v) is 8.06. The minimum Gasteiger partial charge on any atom is -0.330 e. The number of amides is 2. The van der Waals surface area contributed by atoms with Crippen molar-refractivity contribution in [2.24, 2.45) is 29.4 Å². The highest BCUT2D eigenvalue weighted by molar-refractivity contribution is 7.89. The molecular formula is C31H46N4O5S. The molecule has 2 atom stereocenters. The zero-order valence-corrected chi connectivity index (χ0v) is 25.5. The predicted octanol–water partition coefficient (Wildman–Crippen LogP) is 4.28. The average molecular weight is 587 g/mol. The third-order valence-electron chi connectivity index (χ3n) is 6.35. The van der Waals surface area contributed by atoms with Gasteiger partial charge in [-0.15, -0.1) is 4.41 Å². The molecule has 226 valence electrons. The van der Waals surface area contributed by atoms with Crippen molar-refractivity contribution in [1.82, 2.24) is 15.3 Å². The summed E-state index contributed by atoms with van der Waals surface area (Å²) >= 11 is 0. The molecule has 0 heterocycles. The van der Waals surface area contributed by atoms with Crippen LogP contribution in [0.1, 0.15) is 58.1 Å². The maximum Gasteiger partial charge on any atom is 0.247 e. The lowest BCUT2D eigenvalue weighted by Crippen LogP contribution is -2.52. The molecule has 2 rings (SSSR count). The molecule has 4 N–H and O–H groups in total. The van der Waals surface area contributed by atoms with Gasteiger partial charge in [-0.2, -0.15) is 0 Å². The summed E-state index contributed by atoms with van der Waals surface area (Å²) in [7, 11) is -3.80. The van der Waals surface area contributed by atoms with Crippen LogP contribution in [0, 0.1) is 23.7 Å². The van der Waals surface area contributed by atoms with Crippen LogP contribution in [0.3, 0.4) is 0 Å². The van der Waals surface area contributed by atoms with E-state index in [4.69, 9.17) is 10.6 Å². The van der Waals surface area contributed by atoms with Gasteiger partial charge in [0, 0.05) is 6.54 Å². The summed E-state index contributed by atoms with van der Waals surface area (Å²) < 4.78 is 27.1. The number of carbonyl (C=O) groups is 2. The second-order valence-electron chi connectivity index (χ2n) is 11.0. The largest absolute Gasteiger partial charge is 0.330 e. The predicted molar refractivity (Wildman–Crippen MR) is 163 cm³/mol. The molecule has 0 aromatic heterocycles. The Morgan fingerprint density at radius 2 is 1.56 bits per heavy atom. The van der Waals surface area contributed by atoms with Gasteiger partial charge in [0.2, 0.25) is 21.8 Å². The quantitative estimate of drug-likeness (QED) is 0.224. The van der Waals surface area contributed by atoms with Crippen LogP contribution in [0.4, 0.5) is 0 Å². The minimum atomic E-state index is -3.80. The van der Waals surface area contributed by atoms with E-state index in [0.29, 0.717) is 6.42 Å². The Bertz CT molecular complexity index is 1190. The molecule has 0 radical (unpaired) electrons. The highest BCUT2D eigenvalue weighted by atomic mass is 32.2. The van der Waals surface area contributed by atoms with Crippen molar-refractivity contribution in [2.75, 3.05) is 18.8 Å². The Morgan fingerprint density at radius 3 is 2.15 bits per heavy atom. The van der Waals surface area contributed by atoms with Gasteiger partial charge in [0.05, 0.1) is 24.2 Å². The van der Waals surface area contributed by atoms with Crippen LogP contribution in [0.15, 0.2) is 66.7 Å². The summed E-state index contributed by atoms with van der Waals surface area (Å²) in [5, 5.41) is 0. The number of allylic oxidation sites excluding steroid dienone is 1. The normalized spacial score (nSPS) is 13.6. The van der Waals surface area contributed by atoms with Gasteiger partial charge in [-0.3, -0.25) is 19.9 Å². The molecule has 0 saturated heterocycles. The van der Waals surface area contributed by atoms with Crippen LogP contribution >= 0.6 is 0 Å². The van der Waals surface area contributed by atoms with Gasteiger partial charge in [-0.25, -0.2) is 13.9 Å². The van der Waals surface area contributed by atoms with Crippen molar-refractivity contribution >= 4 is 27.9 Å². The van der Waals surface area contributed by atoms with Crippen molar-refractivity contribution in [1.29, 1.82) is 0 Å². The highest BCUT2D eigenvalue weighted by Gasteiger charge is 2.36. The fourth-order valence-corrected chi connectivity index (χ4v) is 5.82. The zero-order valence-electron chi connectivity index (χ0n) is 24.7. The number of hydrogen-bond donors (Lipinski definition) is 3. The van der Waals surface area contributed by atoms with Crippen molar-refractivity contribution in [3.8, 4) is 0 Å². The average Bonchev–Trinajstić information content (AvgIpc) is 2.93. The number of rotatable bonds is 18. The molecule has 9 nitrogen and oxygen atoms in total. The van der Waals surface area contributed by atoms with Crippen LogP contribution in [0.2, 0.25) is 0 Å². The first-order valence-electron chi connectivity index (χ1n) is 14.2. The summed E-state index contributed by atoms with van der Waals surface area (Å²) in [4.78, 5) is 32.8. The van der Waals surface area contributed by atoms with Crippen LogP contribution < -0.4 is 16.6 Å². The first kappa shape index (κ1) is 34.2. The smallest absolute Gasteiger partial charge is 0.247 e. The monoisotopic (exact) mass is 586 g/mol. The molecule has 0 saturated carbocycles. The number of nitrogens with zero attached hydrogens (tertiary/aromatic N) is 1. The van der Waals surface area contributed by atoms with E-state index < -0.39 is 33.7 Å². The summed E-state index contributed by atoms with van der Waals surface area (Å²) in [5.74, 6) is -2.73. The number of benzene rings is 2. The lowest BCUT2D eigenvalue weighted by Gasteiger charge is -2.30. The number of hydroxylamine groups is 1. The standard InChI is InChI=1S/C31H46N4O5S/c1-24(2)21-29(30(36)33-35(22-25(3)4)41(38,39)20-12-19-32)28(18-11-17-26-13-7-5-8-14-26)31(37)34-40-23-27-15-9-6-10-16-27/h5-11,13-17,24-25,28-29H,12,18-23,32H2,1-4H3,(H,33,36)(H,34,37)/b17-11+/t28-,29+/m0/s1. The molecule has 0 unspecified atom stereocenters. The maximum atomic E-state index is 13.8. The third kappa shape index (κ3) is 12.6. The van der Waals surface area contributed by atoms with E-state index >= 15 is 0 Å². The number of sulfonamides is 1. The van der Waals surface area contributed by atoms with Crippen molar-refractivity contribution < 1.29 is 22.8 Å². The fraction of sp³-hybridized carbons (Fsp3) is 0.484. The maximum absolute atomic E-state index is 13.8.